The maximum atomic E-state index is 11.2. The number of aromatic nitrogens is 1. The number of ether oxygens (including phenoxy) is 1. The molecule has 1 aliphatic rings. The molecule has 1 N–H and O–H groups in total. The summed E-state index contributed by atoms with van der Waals surface area (Å²) in [5.41, 5.74) is 1.29. The predicted molar refractivity (Wildman–Crippen MR) is 84.0 cm³/mol. The average molecular weight is 385 g/mol. The van der Waals surface area contributed by atoms with Crippen molar-refractivity contribution in [1.29, 1.82) is 0 Å². The normalized spacial score (nSPS) is 18.4. The Morgan fingerprint density at radius 1 is 1.50 bits per heavy atom. The summed E-state index contributed by atoms with van der Waals surface area (Å²) in [7, 11) is 0. The van der Waals surface area contributed by atoms with Crippen molar-refractivity contribution >= 4 is 44.9 Å². The van der Waals surface area contributed by atoms with E-state index in [2.05, 4.69) is 32.9 Å². The second kappa shape index (κ2) is 5.49. The Kier molecular flexibility index (Phi) is 3.70. The van der Waals surface area contributed by atoms with E-state index in [1.807, 2.05) is 18.2 Å². The van der Waals surface area contributed by atoms with Crippen LogP contribution < -0.4 is 5.32 Å². The standard InChI is InChI=1S/C13H12IN3O3/c14-8-1-2-11-10(5-8)13(12(6-15-11)17(18)19)16-9-3-4-20-7-9/h1-2,5-6,9H,3-4,7H2,(H,15,16). The van der Waals surface area contributed by atoms with Gasteiger partial charge < -0.3 is 10.1 Å². The maximum absolute atomic E-state index is 11.2. The zero-order valence-corrected chi connectivity index (χ0v) is 12.7. The Morgan fingerprint density at radius 2 is 2.35 bits per heavy atom. The highest BCUT2D eigenvalue weighted by Gasteiger charge is 2.23. The number of nitro groups is 1. The van der Waals surface area contributed by atoms with E-state index in [0.717, 1.165) is 20.9 Å². The van der Waals surface area contributed by atoms with Crippen molar-refractivity contribution in [2.75, 3.05) is 18.5 Å². The van der Waals surface area contributed by atoms with E-state index < -0.39 is 4.92 Å². The first kappa shape index (κ1) is 13.5. The first-order valence-electron chi connectivity index (χ1n) is 6.22. The Bertz CT molecular complexity index is 671. The van der Waals surface area contributed by atoms with Gasteiger partial charge in [-0.2, -0.15) is 0 Å². The fourth-order valence-corrected chi connectivity index (χ4v) is 2.79. The summed E-state index contributed by atoms with van der Waals surface area (Å²) in [6.45, 7) is 1.26. The molecule has 3 rings (SSSR count). The van der Waals surface area contributed by atoms with Gasteiger partial charge in [0.15, 0.2) is 0 Å². The van der Waals surface area contributed by atoms with Crippen LogP contribution in [-0.2, 0) is 4.74 Å². The summed E-state index contributed by atoms with van der Waals surface area (Å²) >= 11 is 2.19. The van der Waals surface area contributed by atoms with Crippen molar-refractivity contribution in [3.05, 3.63) is 38.1 Å². The largest absolute Gasteiger partial charge is 0.379 e. The molecule has 1 aromatic heterocycles. The molecule has 1 aromatic carbocycles. The maximum Gasteiger partial charge on any atom is 0.311 e. The molecule has 1 fully saturated rings. The minimum absolute atomic E-state index is 0.00593. The Hall–Kier alpha value is -1.48. The van der Waals surface area contributed by atoms with Crippen LogP contribution >= 0.6 is 22.6 Å². The van der Waals surface area contributed by atoms with Gasteiger partial charge in [0.2, 0.25) is 0 Å². The summed E-state index contributed by atoms with van der Waals surface area (Å²) in [4.78, 5) is 15.0. The van der Waals surface area contributed by atoms with Crippen LogP contribution in [0.4, 0.5) is 11.4 Å². The van der Waals surface area contributed by atoms with E-state index in [4.69, 9.17) is 4.74 Å². The Balaban J connectivity index is 2.14. The van der Waals surface area contributed by atoms with E-state index in [-0.39, 0.29) is 11.7 Å². The number of benzene rings is 1. The van der Waals surface area contributed by atoms with Crippen LogP contribution in [0.2, 0.25) is 0 Å². The molecule has 2 heterocycles. The SMILES string of the molecule is O=[N+]([O-])c1cnc2ccc(I)cc2c1NC1CCOC1. The lowest BCUT2D eigenvalue weighted by molar-refractivity contribution is -0.384. The van der Waals surface area contributed by atoms with Gasteiger partial charge in [0, 0.05) is 15.6 Å². The zero-order chi connectivity index (χ0) is 14.1. The molecule has 20 heavy (non-hydrogen) atoms. The van der Waals surface area contributed by atoms with Gasteiger partial charge >= 0.3 is 5.69 Å². The van der Waals surface area contributed by atoms with Gasteiger partial charge in [0.1, 0.15) is 11.9 Å². The van der Waals surface area contributed by atoms with Gasteiger partial charge in [-0.25, -0.2) is 4.98 Å². The van der Waals surface area contributed by atoms with E-state index >= 15 is 0 Å². The third-order valence-corrected chi connectivity index (χ3v) is 3.96. The minimum atomic E-state index is -0.398. The van der Waals surface area contributed by atoms with Crippen molar-refractivity contribution < 1.29 is 9.66 Å². The van der Waals surface area contributed by atoms with Crippen molar-refractivity contribution in [1.82, 2.24) is 4.98 Å². The van der Waals surface area contributed by atoms with Gasteiger partial charge in [0.05, 0.1) is 23.1 Å². The van der Waals surface area contributed by atoms with E-state index in [1.54, 1.807) is 0 Å². The topological polar surface area (TPSA) is 77.3 Å². The second-order valence-corrected chi connectivity index (χ2v) is 5.89. The van der Waals surface area contributed by atoms with Crippen LogP contribution in [0.5, 0.6) is 0 Å². The first-order chi connectivity index (χ1) is 9.65. The van der Waals surface area contributed by atoms with Crippen molar-refractivity contribution in [3.63, 3.8) is 0 Å². The van der Waals surface area contributed by atoms with Crippen molar-refractivity contribution in [3.8, 4) is 0 Å². The predicted octanol–water partition coefficient (Wildman–Crippen LogP) is 2.95. The first-order valence-corrected chi connectivity index (χ1v) is 7.30. The lowest BCUT2D eigenvalue weighted by atomic mass is 10.1. The number of rotatable bonds is 3. The molecular weight excluding hydrogens is 373 g/mol. The Morgan fingerprint density at radius 3 is 3.05 bits per heavy atom. The van der Waals surface area contributed by atoms with Gasteiger partial charge in [0.25, 0.3) is 0 Å². The molecule has 2 aromatic rings. The highest BCUT2D eigenvalue weighted by atomic mass is 127. The summed E-state index contributed by atoms with van der Waals surface area (Å²) in [5, 5.41) is 15.2. The zero-order valence-electron chi connectivity index (χ0n) is 10.5. The van der Waals surface area contributed by atoms with Crippen molar-refractivity contribution in [2.45, 2.75) is 12.5 Å². The Labute approximate surface area is 128 Å². The van der Waals surface area contributed by atoms with E-state index in [0.29, 0.717) is 18.9 Å². The lowest BCUT2D eigenvalue weighted by Gasteiger charge is -2.14. The summed E-state index contributed by atoms with van der Waals surface area (Å²) in [6, 6.07) is 5.83. The molecule has 1 aliphatic heterocycles. The molecular formula is C13H12IN3O3. The molecule has 6 nitrogen and oxygen atoms in total. The quantitative estimate of drug-likeness (QED) is 0.500. The molecule has 1 unspecified atom stereocenters. The lowest BCUT2D eigenvalue weighted by Crippen LogP contribution is -2.20. The minimum Gasteiger partial charge on any atom is -0.379 e. The number of hydrogen-bond donors (Lipinski definition) is 1. The van der Waals surface area contributed by atoms with Gasteiger partial charge in [-0.05, 0) is 47.2 Å². The second-order valence-electron chi connectivity index (χ2n) is 4.64. The third-order valence-electron chi connectivity index (χ3n) is 3.28. The number of pyridine rings is 1. The molecule has 7 heteroatoms. The molecule has 0 saturated carbocycles. The molecule has 1 atom stereocenters. The van der Waals surface area contributed by atoms with Crippen molar-refractivity contribution in [2.24, 2.45) is 0 Å². The van der Waals surface area contributed by atoms with E-state index in [1.165, 1.54) is 6.20 Å². The highest BCUT2D eigenvalue weighted by molar-refractivity contribution is 14.1. The van der Waals surface area contributed by atoms with Gasteiger partial charge in [-0.15, -0.1) is 0 Å². The fourth-order valence-electron chi connectivity index (χ4n) is 2.30. The molecule has 0 amide bonds. The molecule has 0 aliphatic carbocycles. The highest BCUT2D eigenvalue weighted by Crippen LogP contribution is 2.33. The van der Waals surface area contributed by atoms with Gasteiger partial charge in [-0.3, -0.25) is 10.1 Å². The monoisotopic (exact) mass is 385 g/mol. The summed E-state index contributed by atoms with van der Waals surface area (Å²) in [5.74, 6) is 0. The number of nitrogens with zero attached hydrogens (tertiary/aromatic N) is 2. The van der Waals surface area contributed by atoms with Crippen LogP contribution in [0.25, 0.3) is 10.9 Å². The summed E-state index contributed by atoms with van der Waals surface area (Å²) < 4.78 is 6.33. The van der Waals surface area contributed by atoms with Crippen LogP contribution in [-0.4, -0.2) is 29.2 Å². The number of hydrogen-bond acceptors (Lipinski definition) is 5. The third kappa shape index (κ3) is 2.55. The number of anilines is 1. The smallest absolute Gasteiger partial charge is 0.311 e. The van der Waals surface area contributed by atoms with Crippen LogP contribution in [0.1, 0.15) is 6.42 Å². The van der Waals surface area contributed by atoms with Crippen LogP contribution in [0.3, 0.4) is 0 Å². The molecule has 1 saturated heterocycles. The van der Waals surface area contributed by atoms with Crippen LogP contribution in [0, 0.1) is 13.7 Å². The molecule has 0 bridgehead atoms. The van der Waals surface area contributed by atoms with Gasteiger partial charge in [-0.1, -0.05) is 0 Å². The number of fused-ring (bicyclic) bond motifs is 1. The fraction of sp³-hybridized carbons (Fsp3) is 0.308. The molecule has 0 radical (unpaired) electrons. The molecule has 104 valence electrons. The molecule has 0 spiro atoms. The number of halogens is 1. The average Bonchev–Trinajstić information content (AvgIpc) is 2.92. The number of nitrogens with one attached hydrogen (secondary N) is 1. The van der Waals surface area contributed by atoms with Crippen LogP contribution in [0.15, 0.2) is 24.4 Å². The van der Waals surface area contributed by atoms with E-state index in [9.17, 15) is 10.1 Å². The summed E-state index contributed by atoms with van der Waals surface area (Å²) in [6.07, 6.45) is 2.16.